The molecule has 0 radical (unpaired) electrons. The molecule has 0 spiro atoms. The maximum atomic E-state index is 11.4. The minimum absolute atomic E-state index is 0.0725. The van der Waals surface area contributed by atoms with Gasteiger partial charge in [-0.2, -0.15) is 0 Å². The van der Waals surface area contributed by atoms with Crippen molar-refractivity contribution in [1.29, 1.82) is 0 Å². The van der Waals surface area contributed by atoms with Crippen molar-refractivity contribution in [2.24, 2.45) is 0 Å². The number of aromatic amines is 1. The number of aromatic nitrogens is 2. The molecule has 0 saturated carbocycles. The van der Waals surface area contributed by atoms with Gasteiger partial charge in [-0.05, 0) is 25.0 Å². The third-order valence-corrected chi connectivity index (χ3v) is 2.80. The Morgan fingerprint density at radius 2 is 2.26 bits per heavy atom. The molecule has 1 heterocycles. The maximum Gasteiger partial charge on any atom is 0.315 e. The number of nitrogens with zero attached hydrogens (tertiary/aromatic N) is 1. The van der Waals surface area contributed by atoms with Crippen LogP contribution < -0.4 is 10.6 Å². The summed E-state index contributed by atoms with van der Waals surface area (Å²) in [4.78, 5) is 19.0. The van der Waals surface area contributed by atoms with Gasteiger partial charge in [0, 0.05) is 13.2 Å². The molecule has 2 amide bonds. The van der Waals surface area contributed by atoms with E-state index >= 15 is 0 Å². The lowest BCUT2D eigenvalue weighted by atomic mass is 10.2. The fraction of sp³-hybridized carbons (Fsp3) is 0.385. The quantitative estimate of drug-likeness (QED) is 0.607. The number of H-pyrrole nitrogens is 1. The molecule has 0 atom stereocenters. The maximum absolute atomic E-state index is 11.4. The van der Waals surface area contributed by atoms with E-state index in [0.29, 0.717) is 19.5 Å². The summed E-state index contributed by atoms with van der Waals surface area (Å²) in [6, 6.07) is 5.67. The van der Waals surface area contributed by atoms with Gasteiger partial charge in [0.15, 0.2) is 0 Å². The van der Waals surface area contributed by atoms with Crippen molar-refractivity contribution in [2.45, 2.75) is 19.9 Å². The molecule has 0 aliphatic heterocycles. The molecular formula is C13H18N4O2. The molecule has 1 aromatic carbocycles. The molecule has 0 aliphatic rings. The number of urea groups is 1. The number of aliphatic hydroxyl groups is 1. The number of aliphatic hydroxyl groups excluding tert-OH is 1. The standard InChI is InChI=1S/C13H18N4O2/c1-9-4-2-5-10-12(9)17-11(16-10)8-15-13(19)14-6-3-7-18/h2,4-5,18H,3,6-8H2,1H3,(H,16,17)(H2,14,15,19). The zero-order chi connectivity index (χ0) is 13.7. The van der Waals surface area contributed by atoms with E-state index in [4.69, 9.17) is 5.11 Å². The van der Waals surface area contributed by atoms with Crippen LogP contribution in [0.25, 0.3) is 11.0 Å². The van der Waals surface area contributed by atoms with Crippen molar-refractivity contribution in [2.75, 3.05) is 13.2 Å². The van der Waals surface area contributed by atoms with Gasteiger partial charge in [-0.25, -0.2) is 9.78 Å². The second-order valence-electron chi connectivity index (χ2n) is 4.34. The smallest absolute Gasteiger partial charge is 0.315 e. The van der Waals surface area contributed by atoms with Crippen LogP contribution in [0.2, 0.25) is 0 Å². The summed E-state index contributed by atoms with van der Waals surface area (Å²) in [5.41, 5.74) is 3.00. The van der Waals surface area contributed by atoms with E-state index in [1.165, 1.54) is 0 Å². The second-order valence-corrected chi connectivity index (χ2v) is 4.34. The number of hydrogen-bond acceptors (Lipinski definition) is 3. The summed E-state index contributed by atoms with van der Waals surface area (Å²) in [7, 11) is 0. The van der Waals surface area contributed by atoms with Crippen LogP contribution in [0, 0.1) is 6.92 Å². The number of rotatable bonds is 5. The Balaban J connectivity index is 1.91. The number of hydrogen-bond donors (Lipinski definition) is 4. The van der Waals surface area contributed by atoms with Gasteiger partial charge in [0.2, 0.25) is 0 Å². The summed E-state index contributed by atoms with van der Waals surface area (Å²) in [6.45, 7) is 2.88. The van der Waals surface area contributed by atoms with Gasteiger partial charge in [0.25, 0.3) is 0 Å². The highest BCUT2D eigenvalue weighted by molar-refractivity contribution is 5.78. The molecule has 4 N–H and O–H groups in total. The number of amides is 2. The first kappa shape index (κ1) is 13.4. The SMILES string of the molecule is Cc1cccc2[nH]c(CNC(=O)NCCCO)nc12. The molecular weight excluding hydrogens is 244 g/mol. The van der Waals surface area contributed by atoms with E-state index in [1.807, 2.05) is 25.1 Å². The molecule has 0 saturated heterocycles. The van der Waals surface area contributed by atoms with E-state index in [0.717, 1.165) is 22.4 Å². The van der Waals surface area contributed by atoms with E-state index in [-0.39, 0.29) is 12.6 Å². The average Bonchev–Trinajstić information content (AvgIpc) is 2.81. The number of imidazole rings is 1. The lowest BCUT2D eigenvalue weighted by Gasteiger charge is -2.04. The van der Waals surface area contributed by atoms with Gasteiger partial charge in [-0.1, -0.05) is 12.1 Å². The summed E-state index contributed by atoms with van der Waals surface area (Å²) in [5, 5.41) is 14.0. The van der Waals surface area contributed by atoms with Crippen molar-refractivity contribution >= 4 is 17.1 Å². The van der Waals surface area contributed by atoms with E-state index in [2.05, 4.69) is 20.6 Å². The average molecular weight is 262 g/mol. The minimum Gasteiger partial charge on any atom is -0.396 e. The molecule has 1 aromatic heterocycles. The summed E-state index contributed by atoms with van der Waals surface area (Å²) in [6.07, 6.45) is 0.553. The van der Waals surface area contributed by atoms with Gasteiger partial charge in [-0.3, -0.25) is 0 Å². The number of benzene rings is 1. The molecule has 2 rings (SSSR count). The van der Waals surface area contributed by atoms with Gasteiger partial charge in [0.1, 0.15) is 5.82 Å². The first-order chi connectivity index (χ1) is 9.20. The van der Waals surface area contributed by atoms with Gasteiger partial charge in [0.05, 0.1) is 17.6 Å². The molecule has 6 nitrogen and oxygen atoms in total. The predicted molar refractivity (Wildman–Crippen MR) is 72.8 cm³/mol. The summed E-state index contributed by atoms with van der Waals surface area (Å²) < 4.78 is 0. The van der Waals surface area contributed by atoms with E-state index in [9.17, 15) is 4.79 Å². The van der Waals surface area contributed by atoms with Crippen molar-refractivity contribution < 1.29 is 9.90 Å². The Morgan fingerprint density at radius 1 is 1.42 bits per heavy atom. The van der Waals surface area contributed by atoms with Crippen LogP contribution in [0.1, 0.15) is 17.8 Å². The van der Waals surface area contributed by atoms with Crippen molar-refractivity contribution in [3.63, 3.8) is 0 Å². The number of aryl methyl sites for hydroxylation is 1. The van der Waals surface area contributed by atoms with Crippen LogP contribution in [-0.2, 0) is 6.54 Å². The van der Waals surface area contributed by atoms with Gasteiger partial charge < -0.3 is 20.7 Å². The Bertz CT molecular complexity index is 565. The van der Waals surface area contributed by atoms with Crippen molar-refractivity contribution in [3.8, 4) is 0 Å². The molecule has 6 heteroatoms. The van der Waals surface area contributed by atoms with Crippen molar-refractivity contribution in [3.05, 3.63) is 29.6 Å². The highest BCUT2D eigenvalue weighted by atomic mass is 16.3. The number of nitrogens with one attached hydrogen (secondary N) is 3. The zero-order valence-corrected chi connectivity index (χ0v) is 10.9. The highest BCUT2D eigenvalue weighted by Gasteiger charge is 2.06. The third kappa shape index (κ3) is 3.45. The molecule has 0 aliphatic carbocycles. The minimum atomic E-state index is -0.259. The lowest BCUT2D eigenvalue weighted by molar-refractivity contribution is 0.237. The zero-order valence-electron chi connectivity index (χ0n) is 10.9. The number of fused-ring (bicyclic) bond motifs is 1. The summed E-state index contributed by atoms with van der Waals surface area (Å²) in [5.74, 6) is 0.724. The summed E-state index contributed by atoms with van der Waals surface area (Å²) >= 11 is 0. The first-order valence-electron chi connectivity index (χ1n) is 6.27. The van der Waals surface area contributed by atoms with E-state index < -0.39 is 0 Å². The Kier molecular flexibility index (Phi) is 4.35. The Morgan fingerprint density at radius 3 is 3.00 bits per heavy atom. The van der Waals surface area contributed by atoms with Crippen LogP contribution in [0.5, 0.6) is 0 Å². The monoisotopic (exact) mass is 262 g/mol. The molecule has 0 bridgehead atoms. The van der Waals surface area contributed by atoms with Crippen molar-refractivity contribution in [1.82, 2.24) is 20.6 Å². The van der Waals surface area contributed by atoms with Crippen LogP contribution in [-0.4, -0.2) is 34.3 Å². The van der Waals surface area contributed by atoms with Crippen LogP contribution in [0.15, 0.2) is 18.2 Å². The van der Waals surface area contributed by atoms with Gasteiger partial charge >= 0.3 is 6.03 Å². The molecule has 0 fully saturated rings. The molecule has 102 valence electrons. The lowest BCUT2D eigenvalue weighted by Crippen LogP contribution is -2.36. The largest absolute Gasteiger partial charge is 0.396 e. The number of carbonyl (C=O) groups excluding carboxylic acids is 1. The molecule has 0 unspecified atom stereocenters. The normalized spacial score (nSPS) is 10.6. The fourth-order valence-electron chi connectivity index (χ4n) is 1.82. The highest BCUT2D eigenvalue weighted by Crippen LogP contribution is 2.15. The topological polar surface area (TPSA) is 90.0 Å². The predicted octanol–water partition coefficient (Wildman–Crippen LogP) is 1.05. The van der Waals surface area contributed by atoms with Crippen LogP contribution in [0.3, 0.4) is 0 Å². The third-order valence-electron chi connectivity index (χ3n) is 2.80. The Hall–Kier alpha value is -2.08. The van der Waals surface area contributed by atoms with Crippen LogP contribution >= 0.6 is 0 Å². The Labute approximate surface area is 111 Å². The van der Waals surface area contributed by atoms with Crippen LogP contribution in [0.4, 0.5) is 4.79 Å². The number of para-hydroxylation sites is 1. The second kappa shape index (κ2) is 6.19. The van der Waals surface area contributed by atoms with Gasteiger partial charge in [-0.15, -0.1) is 0 Å². The van der Waals surface area contributed by atoms with E-state index in [1.54, 1.807) is 0 Å². The fourth-order valence-corrected chi connectivity index (χ4v) is 1.82. The molecule has 19 heavy (non-hydrogen) atoms. The molecule has 2 aromatic rings. The first-order valence-corrected chi connectivity index (χ1v) is 6.27. The number of carbonyl (C=O) groups is 1.